The number of rotatable bonds is 9. The van der Waals surface area contributed by atoms with Crippen molar-refractivity contribution in [2.45, 2.75) is 36.1 Å². The van der Waals surface area contributed by atoms with E-state index in [1.807, 2.05) is 54.9 Å². The van der Waals surface area contributed by atoms with Crippen molar-refractivity contribution in [2.24, 2.45) is 0 Å². The normalized spacial score (nSPS) is 11.7. The minimum absolute atomic E-state index is 0.911. The van der Waals surface area contributed by atoms with Gasteiger partial charge < -0.3 is 0 Å². The van der Waals surface area contributed by atoms with Gasteiger partial charge in [0, 0.05) is 29.0 Å². The SMILES string of the molecule is C=C/C(=C\C=C/CCCC)c1cc(Sc2cccc(-c3cccnc3)n2)ccn1. The van der Waals surface area contributed by atoms with Crippen molar-refractivity contribution < 1.29 is 0 Å². The molecule has 0 aliphatic carbocycles. The third-order valence-corrected chi connectivity index (χ3v) is 5.21. The van der Waals surface area contributed by atoms with Gasteiger partial charge in [-0.25, -0.2) is 4.98 Å². The highest BCUT2D eigenvalue weighted by Crippen LogP contribution is 2.29. The van der Waals surface area contributed by atoms with Crippen LogP contribution in [-0.4, -0.2) is 15.0 Å². The molecular weight excluding hydrogens is 374 g/mol. The van der Waals surface area contributed by atoms with Crippen molar-refractivity contribution >= 4 is 17.3 Å². The molecule has 29 heavy (non-hydrogen) atoms. The van der Waals surface area contributed by atoms with E-state index in [0.29, 0.717) is 0 Å². The smallest absolute Gasteiger partial charge is 0.101 e. The van der Waals surface area contributed by atoms with E-state index < -0.39 is 0 Å². The van der Waals surface area contributed by atoms with Crippen LogP contribution in [0.3, 0.4) is 0 Å². The maximum atomic E-state index is 4.77. The van der Waals surface area contributed by atoms with Crippen LogP contribution in [0.1, 0.15) is 31.9 Å². The molecule has 0 saturated heterocycles. The zero-order chi connectivity index (χ0) is 20.3. The Morgan fingerprint density at radius 3 is 2.86 bits per heavy atom. The van der Waals surface area contributed by atoms with Gasteiger partial charge >= 0.3 is 0 Å². The molecule has 146 valence electrons. The summed E-state index contributed by atoms with van der Waals surface area (Å²) >= 11 is 1.62. The first-order valence-electron chi connectivity index (χ1n) is 9.81. The van der Waals surface area contributed by atoms with Gasteiger partial charge in [0.25, 0.3) is 0 Å². The third kappa shape index (κ3) is 6.26. The summed E-state index contributed by atoms with van der Waals surface area (Å²) < 4.78 is 0. The highest BCUT2D eigenvalue weighted by molar-refractivity contribution is 7.99. The molecule has 0 aliphatic heterocycles. The molecule has 3 nitrogen and oxygen atoms in total. The van der Waals surface area contributed by atoms with E-state index in [-0.39, 0.29) is 0 Å². The van der Waals surface area contributed by atoms with Gasteiger partial charge in [-0.3, -0.25) is 9.97 Å². The van der Waals surface area contributed by atoms with E-state index in [4.69, 9.17) is 4.98 Å². The number of hydrogen-bond donors (Lipinski definition) is 0. The number of aromatic nitrogens is 3. The molecule has 0 radical (unpaired) electrons. The maximum Gasteiger partial charge on any atom is 0.101 e. The molecule has 0 bridgehead atoms. The number of unbranched alkanes of at least 4 members (excludes halogenated alkanes) is 2. The lowest BCUT2D eigenvalue weighted by molar-refractivity contribution is 0.815. The summed E-state index contributed by atoms with van der Waals surface area (Å²) in [6.45, 7) is 6.15. The van der Waals surface area contributed by atoms with Crippen LogP contribution in [0, 0.1) is 0 Å². The van der Waals surface area contributed by atoms with Gasteiger partial charge in [0.1, 0.15) is 5.03 Å². The Hall–Kier alpha value is -2.98. The van der Waals surface area contributed by atoms with Crippen LogP contribution in [0.2, 0.25) is 0 Å². The second-order valence-corrected chi connectivity index (χ2v) is 7.57. The summed E-state index contributed by atoms with van der Waals surface area (Å²) in [6.07, 6.45) is 17.2. The standard InChI is InChI=1S/C25H25N3S/c1-3-5-6-7-8-11-20(4-2)24-18-22(15-17-27-24)29-25-14-9-13-23(28-25)21-12-10-16-26-19-21/h4,7-19H,2-3,5-6H2,1H3/b8-7-,20-11+. The second kappa shape index (κ2) is 11.1. The highest BCUT2D eigenvalue weighted by Gasteiger charge is 2.05. The molecule has 0 atom stereocenters. The van der Waals surface area contributed by atoms with Gasteiger partial charge in [-0.15, -0.1) is 0 Å². The van der Waals surface area contributed by atoms with Crippen molar-refractivity contribution in [1.82, 2.24) is 15.0 Å². The fourth-order valence-electron chi connectivity index (χ4n) is 2.75. The summed E-state index contributed by atoms with van der Waals surface area (Å²) in [5.74, 6) is 0. The Kier molecular flexibility index (Phi) is 7.96. The first kappa shape index (κ1) is 20.7. The Morgan fingerprint density at radius 2 is 2.07 bits per heavy atom. The zero-order valence-corrected chi connectivity index (χ0v) is 17.5. The molecular formula is C25H25N3S. The maximum absolute atomic E-state index is 4.77. The first-order chi connectivity index (χ1) is 14.3. The third-order valence-electron chi connectivity index (χ3n) is 4.29. The van der Waals surface area contributed by atoms with Crippen LogP contribution in [0.4, 0.5) is 0 Å². The Morgan fingerprint density at radius 1 is 1.14 bits per heavy atom. The van der Waals surface area contributed by atoms with Gasteiger partial charge in [0.2, 0.25) is 0 Å². The molecule has 4 heteroatoms. The number of hydrogen-bond acceptors (Lipinski definition) is 4. The minimum atomic E-state index is 0.911. The van der Waals surface area contributed by atoms with Crippen LogP contribution in [0.15, 0.2) is 102 Å². The largest absolute Gasteiger partial charge is 0.264 e. The minimum Gasteiger partial charge on any atom is -0.264 e. The highest BCUT2D eigenvalue weighted by atomic mass is 32.2. The van der Waals surface area contributed by atoms with Crippen LogP contribution in [0.25, 0.3) is 16.8 Å². The Balaban J connectivity index is 1.77. The van der Waals surface area contributed by atoms with Gasteiger partial charge in [0.15, 0.2) is 0 Å². The van der Waals surface area contributed by atoms with Crippen molar-refractivity contribution in [2.75, 3.05) is 0 Å². The lowest BCUT2D eigenvalue weighted by atomic mass is 10.1. The lowest BCUT2D eigenvalue weighted by Crippen LogP contribution is -1.89. The molecule has 0 aliphatic rings. The van der Waals surface area contributed by atoms with Crippen LogP contribution in [0.5, 0.6) is 0 Å². The van der Waals surface area contributed by atoms with E-state index in [1.54, 1.807) is 18.0 Å². The topological polar surface area (TPSA) is 38.7 Å². The lowest BCUT2D eigenvalue weighted by Gasteiger charge is -2.06. The summed E-state index contributed by atoms with van der Waals surface area (Å²) in [7, 11) is 0. The van der Waals surface area contributed by atoms with Crippen molar-refractivity contribution in [3.63, 3.8) is 0 Å². The second-order valence-electron chi connectivity index (χ2n) is 6.48. The first-order valence-corrected chi connectivity index (χ1v) is 10.6. The number of pyridine rings is 3. The molecule has 0 amide bonds. The molecule has 3 aromatic heterocycles. The van der Waals surface area contributed by atoms with E-state index >= 15 is 0 Å². The summed E-state index contributed by atoms with van der Waals surface area (Å²) in [5, 5.41) is 0.937. The molecule has 0 unspecified atom stereocenters. The molecule has 0 N–H and O–H groups in total. The molecule has 0 spiro atoms. The van der Waals surface area contributed by atoms with Gasteiger partial charge in [-0.05, 0) is 48.4 Å². The van der Waals surface area contributed by atoms with Crippen LogP contribution < -0.4 is 0 Å². The van der Waals surface area contributed by atoms with E-state index in [2.05, 4.69) is 47.8 Å². The van der Waals surface area contributed by atoms with E-state index in [0.717, 1.165) is 38.9 Å². The molecule has 0 saturated carbocycles. The van der Waals surface area contributed by atoms with Gasteiger partial charge in [0.05, 0.1) is 11.4 Å². The Bertz CT molecular complexity index is 994. The molecule has 3 rings (SSSR count). The number of allylic oxidation sites excluding steroid dienone is 5. The molecule has 3 aromatic rings. The monoisotopic (exact) mass is 399 g/mol. The summed E-state index contributed by atoms with van der Waals surface area (Å²) in [5.41, 5.74) is 3.85. The van der Waals surface area contributed by atoms with E-state index in [9.17, 15) is 0 Å². The van der Waals surface area contributed by atoms with Gasteiger partial charge in [-0.1, -0.05) is 68.5 Å². The molecule has 0 fully saturated rings. The fraction of sp³-hybridized carbons (Fsp3) is 0.160. The average Bonchev–Trinajstić information content (AvgIpc) is 2.77. The molecule has 0 aromatic carbocycles. The number of nitrogens with zero attached hydrogens (tertiary/aromatic N) is 3. The Labute approximate surface area is 177 Å². The van der Waals surface area contributed by atoms with Crippen LogP contribution in [-0.2, 0) is 0 Å². The average molecular weight is 400 g/mol. The van der Waals surface area contributed by atoms with Gasteiger partial charge in [-0.2, -0.15) is 0 Å². The molecule has 3 heterocycles. The summed E-state index contributed by atoms with van der Waals surface area (Å²) in [4.78, 5) is 14.6. The van der Waals surface area contributed by atoms with Crippen molar-refractivity contribution in [1.29, 1.82) is 0 Å². The predicted octanol–water partition coefficient (Wildman–Crippen LogP) is 7.01. The van der Waals surface area contributed by atoms with E-state index in [1.165, 1.54) is 12.8 Å². The van der Waals surface area contributed by atoms with Crippen molar-refractivity contribution in [3.05, 3.63) is 97.6 Å². The fourth-order valence-corrected chi connectivity index (χ4v) is 3.58. The van der Waals surface area contributed by atoms with Crippen molar-refractivity contribution in [3.8, 4) is 11.3 Å². The van der Waals surface area contributed by atoms with Crippen LogP contribution >= 0.6 is 11.8 Å². The summed E-state index contributed by atoms with van der Waals surface area (Å²) in [6, 6.07) is 14.1. The zero-order valence-electron chi connectivity index (χ0n) is 16.7. The predicted molar refractivity (Wildman–Crippen MR) is 123 cm³/mol. The quantitative estimate of drug-likeness (QED) is 0.287.